The van der Waals surface area contributed by atoms with Crippen molar-refractivity contribution >= 4 is 0 Å². The highest BCUT2D eigenvalue weighted by Gasteiger charge is 2.30. The lowest BCUT2D eigenvalue weighted by atomic mass is 9.86. The first-order valence-corrected chi connectivity index (χ1v) is 5.77. The Morgan fingerprint density at radius 3 is 2.19 bits per heavy atom. The van der Waals surface area contributed by atoms with Gasteiger partial charge in [-0.05, 0) is 52.9 Å². The zero-order valence-electron chi connectivity index (χ0n) is 11.3. The van der Waals surface area contributed by atoms with Crippen LogP contribution in [-0.4, -0.2) is 24.5 Å². The summed E-state index contributed by atoms with van der Waals surface area (Å²) in [5.74, 6) is 0. The molecule has 0 saturated carbocycles. The third-order valence-electron chi connectivity index (χ3n) is 3.67. The summed E-state index contributed by atoms with van der Waals surface area (Å²) in [6.07, 6.45) is 0. The molecule has 1 atom stereocenters. The second-order valence-corrected chi connectivity index (χ2v) is 5.39. The van der Waals surface area contributed by atoms with Gasteiger partial charge in [-0.1, -0.05) is 23.8 Å². The van der Waals surface area contributed by atoms with Crippen LogP contribution in [0.25, 0.3) is 0 Å². The van der Waals surface area contributed by atoms with Gasteiger partial charge in [-0.15, -0.1) is 0 Å². The Balaban J connectivity index is 3.10. The number of rotatable bonds is 3. The summed E-state index contributed by atoms with van der Waals surface area (Å²) in [7, 11) is 4.15. The molecule has 0 aliphatic rings. The second-order valence-electron chi connectivity index (χ2n) is 5.39. The molecule has 1 aromatic rings. The molecule has 1 aromatic carbocycles. The molecule has 16 heavy (non-hydrogen) atoms. The maximum absolute atomic E-state index is 6.38. The molecule has 0 spiro atoms. The first-order chi connectivity index (χ1) is 7.26. The topological polar surface area (TPSA) is 29.3 Å². The number of aryl methyl sites for hydroxylation is 2. The highest BCUT2D eigenvalue weighted by Crippen LogP contribution is 2.29. The average molecular weight is 220 g/mol. The molecule has 2 nitrogen and oxygen atoms in total. The number of hydrogen-bond acceptors (Lipinski definition) is 2. The van der Waals surface area contributed by atoms with Gasteiger partial charge < -0.3 is 10.6 Å². The van der Waals surface area contributed by atoms with E-state index in [1.807, 2.05) is 0 Å². The third-order valence-corrected chi connectivity index (χ3v) is 3.67. The van der Waals surface area contributed by atoms with E-state index in [0.717, 1.165) is 0 Å². The molecule has 0 fully saturated rings. The lowest BCUT2D eigenvalue weighted by Gasteiger charge is -2.39. The molecule has 2 N–H and O–H groups in total. The molecule has 0 aliphatic heterocycles. The normalized spacial score (nSPS) is 14.2. The Kier molecular flexibility index (Phi) is 3.76. The Hall–Kier alpha value is -0.860. The van der Waals surface area contributed by atoms with Gasteiger partial charge in [-0.2, -0.15) is 0 Å². The average Bonchev–Trinajstić information content (AvgIpc) is 2.16. The summed E-state index contributed by atoms with van der Waals surface area (Å²) in [5, 5.41) is 0. The van der Waals surface area contributed by atoms with Gasteiger partial charge in [0.2, 0.25) is 0 Å². The Labute approximate surface area is 99.5 Å². The van der Waals surface area contributed by atoms with E-state index in [4.69, 9.17) is 5.73 Å². The van der Waals surface area contributed by atoms with Crippen molar-refractivity contribution in [1.29, 1.82) is 0 Å². The number of nitrogens with zero attached hydrogens (tertiary/aromatic N) is 1. The SMILES string of the molecule is Cc1ccc(C(N)C(C)(C)N(C)C)c(C)c1. The van der Waals surface area contributed by atoms with Crippen LogP contribution < -0.4 is 5.73 Å². The molecule has 0 heterocycles. The Morgan fingerprint density at radius 2 is 1.75 bits per heavy atom. The summed E-state index contributed by atoms with van der Waals surface area (Å²) < 4.78 is 0. The third kappa shape index (κ3) is 2.45. The summed E-state index contributed by atoms with van der Waals surface area (Å²) in [4.78, 5) is 2.18. The van der Waals surface area contributed by atoms with E-state index in [-0.39, 0.29) is 11.6 Å². The number of hydrogen-bond donors (Lipinski definition) is 1. The molecule has 0 aromatic heterocycles. The molecule has 0 aliphatic carbocycles. The maximum atomic E-state index is 6.38. The van der Waals surface area contributed by atoms with Crippen molar-refractivity contribution in [3.8, 4) is 0 Å². The molecular weight excluding hydrogens is 196 g/mol. The van der Waals surface area contributed by atoms with Crippen LogP contribution >= 0.6 is 0 Å². The van der Waals surface area contributed by atoms with Crippen molar-refractivity contribution in [2.75, 3.05) is 14.1 Å². The predicted octanol–water partition coefficient (Wildman–Crippen LogP) is 2.64. The van der Waals surface area contributed by atoms with E-state index in [1.165, 1.54) is 16.7 Å². The van der Waals surface area contributed by atoms with Crippen LogP contribution in [0.15, 0.2) is 18.2 Å². The molecule has 0 radical (unpaired) electrons. The van der Waals surface area contributed by atoms with Gasteiger partial charge in [0.25, 0.3) is 0 Å². The van der Waals surface area contributed by atoms with Crippen LogP contribution in [0.5, 0.6) is 0 Å². The number of benzene rings is 1. The van der Waals surface area contributed by atoms with Crippen LogP contribution in [0.4, 0.5) is 0 Å². The minimum Gasteiger partial charge on any atom is -0.322 e. The second kappa shape index (κ2) is 4.56. The van der Waals surface area contributed by atoms with Gasteiger partial charge >= 0.3 is 0 Å². The first-order valence-electron chi connectivity index (χ1n) is 5.77. The van der Waals surface area contributed by atoms with Crippen LogP contribution in [0.2, 0.25) is 0 Å². The van der Waals surface area contributed by atoms with Gasteiger partial charge in [0.1, 0.15) is 0 Å². The van der Waals surface area contributed by atoms with Gasteiger partial charge in [0.15, 0.2) is 0 Å². The van der Waals surface area contributed by atoms with Crippen LogP contribution in [0, 0.1) is 13.8 Å². The largest absolute Gasteiger partial charge is 0.322 e. The van der Waals surface area contributed by atoms with Crippen LogP contribution in [0.3, 0.4) is 0 Å². The van der Waals surface area contributed by atoms with Crippen molar-refractivity contribution in [1.82, 2.24) is 4.90 Å². The standard InChI is InChI=1S/C14H24N2/c1-10-7-8-12(11(2)9-10)13(15)14(3,4)16(5)6/h7-9,13H,15H2,1-6H3. The summed E-state index contributed by atoms with van der Waals surface area (Å²) in [6, 6.07) is 6.51. The zero-order chi connectivity index (χ0) is 12.5. The first kappa shape index (κ1) is 13.2. The molecule has 1 rings (SSSR count). The van der Waals surface area contributed by atoms with Crippen molar-refractivity contribution in [2.45, 2.75) is 39.3 Å². The molecule has 0 bridgehead atoms. The molecular formula is C14H24N2. The number of nitrogens with two attached hydrogens (primary N) is 1. The van der Waals surface area contributed by atoms with Gasteiger partial charge in [0.05, 0.1) is 0 Å². The number of likely N-dealkylation sites (N-methyl/N-ethyl adjacent to an activating group) is 1. The Bertz CT molecular complexity index is 367. The summed E-state index contributed by atoms with van der Waals surface area (Å²) in [5.41, 5.74) is 10.1. The molecule has 0 amide bonds. The van der Waals surface area contributed by atoms with Crippen molar-refractivity contribution in [3.05, 3.63) is 34.9 Å². The fourth-order valence-electron chi connectivity index (χ4n) is 1.83. The van der Waals surface area contributed by atoms with Crippen LogP contribution in [0.1, 0.15) is 36.6 Å². The van der Waals surface area contributed by atoms with Gasteiger partial charge in [-0.25, -0.2) is 0 Å². The molecule has 2 heteroatoms. The van der Waals surface area contributed by atoms with Crippen molar-refractivity contribution in [3.63, 3.8) is 0 Å². The highest BCUT2D eigenvalue weighted by atomic mass is 15.2. The monoisotopic (exact) mass is 220 g/mol. The summed E-state index contributed by atoms with van der Waals surface area (Å²) in [6.45, 7) is 8.60. The van der Waals surface area contributed by atoms with E-state index < -0.39 is 0 Å². The summed E-state index contributed by atoms with van der Waals surface area (Å²) >= 11 is 0. The lowest BCUT2D eigenvalue weighted by molar-refractivity contribution is 0.158. The molecule has 90 valence electrons. The van der Waals surface area contributed by atoms with Crippen LogP contribution in [-0.2, 0) is 0 Å². The minimum atomic E-state index is -0.0416. The van der Waals surface area contributed by atoms with Crippen molar-refractivity contribution < 1.29 is 0 Å². The van der Waals surface area contributed by atoms with E-state index in [0.29, 0.717) is 0 Å². The molecule has 1 unspecified atom stereocenters. The maximum Gasteiger partial charge on any atom is 0.0479 e. The predicted molar refractivity (Wildman–Crippen MR) is 70.6 cm³/mol. The fourth-order valence-corrected chi connectivity index (χ4v) is 1.83. The lowest BCUT2D eigenvalue weighted by Crippen LogP contribution is -2.47. The molecule has 0 saturated heterocycles. The van der Waals surface area contributed by atoms with Crippen molar-refractivity contribution in [2.24, 2.45) is 5.73 Å². The van der Waals surface area contributed by atoms with E-state index >= 15 is 0 Å². The van der Waals surface area contributed by atoms with E-state index in [9.17, 15) is 0 Å². The Morgan fingerprint density at radius 1 is 1.19 bits per heavy atom. The van der Waals surface area contributed by atoms with E-state index in [1.54, 1.807) is 0 Å². The minimum absolute atomic E-state index is 0.0306. The highest BCUT2D eigenvalue weighted by molar-refractivity contribution is 5.34. The van der Waals surface area contributed by atoms with Gasteiger partial charge in [0, 0.05) is 11.6 Å². The quantitative estimate of drug-likeness (QED) is 0.848. The van der Waals surface area contributed by atoms with Gasteiger partial charge in [-0.3, -0.25) is 0 Å². The zero-order valence-corrected chi connectivity index (χ0v) is 11.3. The van der Waals surface area contributed by atoms with E-state index in [2.05, 4.69) is 64.9 Å². The smallest absolute Gasteiger partial charge is 0.0479 e. The fraction of sp³-hybridized carbons (Fsp3) is 0.571.